The topological polar surface area (TPSA) is 70.6 Å². The summed E-state index contributed by atoms with van der Waals surface area (Å²) in [6, 6.07) is 14.3. The number of alkyl halides is 3. The van der Waals surface area contributed by atoms with Gasteiger partial charge in [0.25, 0.3) is 0 Å². The van der Waals surface area contributed by atoms with Crippen molar-refractivity contribution in [1.29, 1.82) is 0 Å². The zero-order valence-electron chi connectivity index (χ0n) is 16.6. The van der Waals surface area contributed by atoms with Crippen LogP contribution < -0.4 is 15.5 Å². The maximum Gasteiger partial charge on any atom is 0.416 e. The Kier molecular flexibility index (Phi) is 9.63. The van der Waals surface area contributed by atoms with E-state index in [-0.39, 0.29) is 12.0 Å². The van der Waals surface area contributed by atoms with Gasteiger partial charge in [-0.3, -0.25) is 10.0 Å². The lowest BCUT2D eigenvalue weighted by Gasteiger charge is -2.20. The number of rotatable bonds is 12. The number of halogens is 3. The van der Waals surface area contributed by atoms with Crippen LogP contribution in [0.5, 0.6) is 5.75 Å². The predicted octanol–water partition coefficient (Wildman–Crippen LogP) is 4.87. The molecule has 1 unspecified atom stereocenters. The van der Waals surface area contributed by atoms with Gasteiger partial charge in [-0.1, -0.05) is 36.8 Å². The quantitative estimate of drug-likeness (QED) is 0.258. The van der Waals surface area contributed by atoms with Crippen molar-refractivity contribution in [3.63, 3.8) is 0 Å². The number of ether oxygens (including phenoxy) is 1. The highest BCUT2D eigenvalue weighted by Gasteiger charge is 2.30. The first-order valence-electron chi connectivity index (χ1n) is 9.92. The van der Waals surface area contributed by atoms with E-state index >= 15 is 0 Å². The lowest BCUT2D eigenvalue weighted by Crippen LogP contribution is -2.21. The fourth-order valence-electron chi connectivity index (χ4n) is 2.97. The number of carbonyl (C=O) groups excluding carboxylic acids is 1. The molecule has 0 aliphatic heterocycles. The number of nitrogens with one attached hydrogen (secondary N) is 2. The van der Waals surface area contributed by atoms with Crippen LogP contribution in [0.2, 0.25) is 0 Å². The second kappa shape index (κ2) is 12.2. The molecular formula is C22H27F3N2O3. The zero-order valence-corrected chi connectivity index (χ0v) is 16.6. The lowest BCUT2D eigenvalue weighted by atomic mass is 10.1. The summed E-state index contributed by atoms with van der Waals surface area (Å²) in [5.74, 6) is 0.00749. The standard InChI is InChI=1S/C22H27F3N2O3/c23-22(24,25)18-10-12-19(13-11-18)30-20(17-7-3-1-4-8-17)14-16-26-15-6-2-5-9-21(28)27-29/h1,3-4,7-8,10-13,20,26,29H,2,5-6,9,14-16H2,(H,27,28). The van der Waals surface area contributed by atoms with E-state index in [9.17, 15) is 18.0 Å². The summed E-state index contributed by atoms with van der Waals surface area (Å²) < 4.78 is 44.2. The van der Waals surface area contributed by atoms with Gasteiger partial charge in [0.15, 0.2) is 0 Å². The maximum absolute atomic E-state index is 12.7. The Labute approximate surface area is 174 Å². The van der Waals surface area contributed by atoms with Gasteiger partial charge in [-0.15, -0.1) is 0 Å². The van der Waals surface area contributed by atoms with Crippen LogP contribution in [0.3, 0.4) is 0 Å². The van der Waals surface area contributed by atoms with E-state index in [1.165, 1.54) is 12.1 Å². The van der Waals surface area contributed by atoms with E-state index in [0.717, 1.165) is 37.1 Å². The van der Waals surface area contributed by atoms with Crippen LogP contribution in [0.25, 0.3) is 0 Å². The van der Waals surface area contributed by atoms with Crippen molar-refractivity contribution in [2.45, 2.75) is 44.4 Å². The predicted molar refractivity (Wildman–Crippen MR) is 107 cm³/mol. The van der Waals surface area contributed by atoms with E-state index < -0.39 is 11.7 Å². The Hall–Kier alpha value is -2.58. The van der Waals surface area contributed by atoms with Crippen LogP contribution >= 0.6 is 0 Å². The van der Waals surface area contributed by atoms with Crippen molar-refractivity contribution in [2.24, 2.45) is 0 Å². The van der Waals surface area contributed by atoms with Crippen LogP contribution in [0, 0.1) is 0 Å². The van der Waals surface area contributed by atoms with Crippen LogP contribution in [-0.4, -0.2) is 24.2 Å². The molecule has 164 valence electrons. The largest absolute Gasteiger partial charge is 0.486 e. The summed E-state index contributed by atoms with van der Waals surface area (Å²) in [6.07, 6.45) is -1.24. The Morgan fingerprint density at radius 2 is 1.67 bits per heavy atom. The average Bonchev–Trinajstić information content (AvgIpc) is 2.74. The van der Waals surface area contributed by atoms with Crippen molar-refractivity contribution < 1.29 is 27.9 Å². The first kappa shape index (κ1) is 23.7. The molecule has 0 saturated carbocycles. The van der Waals surface area contributed by atoms with E-state index in [1.807, 2.05) is 30.3 Å². The average molecular weight is 424 g/mol. The highest BCUT2D eigenvalue weighted by Crippen LogP contribution is 2.31. The second-order valence-electron chi connectivity index (χ2n) is 6.92. The number of unbranched alkanes of at least 4 members (excludes halogenated alkanes) is 2. The monoisotopic (exact) mass is 424 g/mol. The van der Waals surface area contributed by atoms with Crippen LogP contribution in [-0.2, 0) is 11.0 Å². The summed E-state index contributed by atoms with van der Waals surface area (Å²) in [6.45, 7) is 1.46. The van der Waals surface area contributed by atoms with E-state index in [4.69, 9.17) is 9.94 Å². The molecule has 3 N–H and O–H groups in total. The molecule has 0 saturated heterocycles. The number of hydroxylamine groups is 1. The lowest BCUT2D eigenvalue weighted by molar-refractivity contribution is -0.137. The van der Waals surface area contributed by atoms with Crippen molar-refractivity contribution in [3.05, 3.63) is 65.7 Å². The number of amides is 1. The third-order valence-electron chi connectivity index (χ3n) is 4.60. The summed E-state index contributed by atoms with van der Waals surface area (Å²) >= 11 is 0. The molecule has 0 aromatic heterocycles. The summed E-state index contributed by atoms with van der Waals surface area (Å²) in [5, 5.41) is 11.8. The van der Waals surface area contributed by atoms with Gasteiger partial charge in [-0.25, -0.2) is 5.48 Å². The van der Waals surface area contributed by atoms with Gasteiger partial charge in [-0.2, -0.15) is 13.2 Å². The van der Waals surface area contributed by atoms with Crippen molar-refractivity contribution in [2.75, 3.05) is 13.1 Å². The normalized spacial score (nSPS) is 12.4. The van der Waals surface area contributed by atoms with Crippen LogP contribution in [0.15, 0.2) is 54.6 Å². The molecule has 0 spiro atoms. The maximum atomic E-state index is 12.7. The van der Waals surface area contributed by atoms with Crippen molar-refractivity contribution in [1.82, 2.24) is 10.8 Å². The third-order valence-corrected chi connectivity index (χ3v) is 4.60. The number of carbonyl (C=O) groups is 1. The van der Waals surface area contributed by atoms with Gasteiger partial charge in [-0.05, 0) is 55.8 Å². The number of benzene rings is 2. The number of hydrogen-bond acceptors (Lipinski definition) is 4. The second-order valence-corrected chi connectivity index (χ2v) is 6.92. The van der Waals surface area contributed by atoms with Crippen molar-refractivity contribution >= 4 is 5.91 Å². The molecule has 0 bridgehead atoms. The van der Waals surface area contributed by atoms with E-state index in [2.05, 4.69) is 5.32 Å². The molecule has 5 nitrogen and oxygen atoms in total. The Balaban J connectivity index is 1.82. The SMILES string of the molecule is O=C(CCCCCNCCC(Oc1ccc(C(F)(F)F)cc1)c1ccccc1)NO. The van der Waals surface area contributed by atoms with Gasteiger partial charge < -0.3 is 10.1 Å². The van der Waals surface area contributed by atoms with E-state index in [1.54, 1.807) is 5.48 Å². The number of hydrogen-bond donors (Lipinski definition) is 3. The molecule has 0 aliphatic carbocycles. The molecule has 0 fully saturated rings. The third kappa shape index (κ3) is 8.42. The molecule has 8 heteroatoms. The highest BCUT2D eigenvalue weighted by molar-refractivity contribution is 5.74. The summed E-state index contributed by atoms with van der Waals surface area (Å²) in [4.78, 5) is 10.9. The Bertz CT molecular complexity index is 752. The first-order chi connectivity index (χ1) is 14.4. The van der Waals surface area contributed by atoms with Gasteiger partial charge in [0.05, 0.1) is 5.56 Å². The van der Waals surface area contributed by atoms with Gasteiger partial charge in [0.2, 0.25) is 5.91 Å². The van der Waals surface area contributed by atoms with Gasteiger partial charge in [0, 0.05) is 12.8 Å². The fourth-order valence-corrected chi connectivity index (χ4v) is 2.97. The van der Waals surface area contributed by atoms with Gasteiger partial charge >= 0.3 is 6.18 Å². The molecule has 1 atom stereocenters. The molecule has 0 heterocycles. The van der Waals surface area contributed by atoms with Crippen molar-refractivity contribution in [3.8, 4) is 5.75 Å². The van der Waals surface area contributed by atoms with Crippen LogP contribution in [0.4, 0.5) is 13.2 Å². The fraction of sp³-hybridized carbons (Fsp3) is 0.409. The summed E-state index contributed by atoms with van der Waals surface area (Å²) in [7, 11) is 0. The molecule has 2 aromatic carbocycles. The minimum atomic E-state index is -4.37. The summed E-state index contributed by atoms with van der Waals surface area (Å²) in [5.41, 5.74) is 1.86. The Morgan fingerprint density at radius 3 is 2.30 bits per heavy atom. The molecule has 2 aromatic rings. The highest BCUT2D eigenvalue weighted by atomic mass is 19.4. The molecule has 1 amide bonds. The first-order valence-corrected chi connectivity index (χ1v) is 9.92. The zero-order chi connectivity index (χ0) is 21.8. The molecular weight excluding hydrogens is 397 g/mol. The minimum absolute atomic E-state index is 0.288. The molecule has 2 rings (SSSR count). The Morgan fingerprint density at radius 1 is 0.967 bits per heavy atom. The van der Waals surface area contributed by atoms with Gasteiger partial charge in [0.1, 0.15) is 11.9 Å². The smallest absolute Gasteiger partial charge is 0.416 e. The minimum Gasteiger partial charge on any atom is -0.486 e. The van der Waals surface area contributed by atoms with E-state index in [0.29, 0.717) is 31.6 Å². The molecule has 0 aliphatic rings. The molecule has 0 radical (unpaired) electrons. The van der Waals surface area contributed by atoms with Crippen LogP contribution in [0.1, 0.15) is 49.3 Å². The molecule has 30 heavy (non-hydrogen) atoms.